The fourth-order valence-electron chi connectivity index (χ4n) is 2.29. The molecule has 1 saturated heterocycles. The molecular weight excluding hydrogens is 258 g/mol. The van der Waals surface area contributed by atoms with E-state index in [1.54, 1.807) is 0 Å². The summed E-state index contributed by atoms with van der Waals surface area (Å²) < 4.78 is 5.28. The first kappa shape index (κ1) is 14.4. The summed E-state index contributed by atoms with van der Waals surface area (Å²) >= 11 is 4.24. The zero-order chi connectivity index (χ0) is 13.5. The molecule has 0 amide bonds. The molecule has 0 saturated carbocycles. The van der Waals surface area contributed by atoms with Gasteiger partial charge >= 0.3 is 5.97 Å². The van der Waals surface area contributed by atoms with E-state index in [0.29, 0.717) is 13.2 Å². The Labute approximate surface area is 120 Å². The number of esters is 1. The highest BCUT2D eigenvalue weighted by Gasteiger charge is 2.14. The van der Waals surface area contributed by atoms with E-state index in [1.807, 2.05) is 24.3 Å². The quantitative estimate of drug-likeness (QED) is 0.663. The summed E-state index contributed by atoms with van der Waals surface area (Å²) in [6.07, 6.45) is 4.44. The van der Waals surface area contributed by atoms with Crippen molar-refractivity contribution in [3.05, 3.63) is 29.8 Å². The van der Waals surface area contributed by atoms with E-state index in [1.165, 1.54) is 24.8 Å². The zero-order valence-electron chi connectivity index (χ0n) is 11.2. The van der Waals surface area contributed by atoms with Crippen LogP contribution in [0.4, 0.5) is 0 Å². The summed E-state index contributed by atoms with van der Waals surface area (Å²) in [4.78, 5) is 14.8. The van der Waals surface area contributed by atoms with Crippen molar-refractivity contribution < 1.29 is 9.53 Å². The maximum atomic E-state index is 11.7. The van der Waals surface area contributed by atoms with E-state index < -0.39 is 0 Å². The lowest BCUT2D eigenvalue weighted by atomic mass is 10.1. The van der Waals surface area contributed by atoms with Gasteiger partial charge in [0.25, 0.3) is 0 Å². The fraction of sp³-hybridized carbons (Fsp3) is 0.533. The van der Waals surface area contributed by atoms with Crippen LogP contribution in [0.25, 0.3) is 0 Å². The minimum Gasteiger partial charge on any atom is -0.464 e. The molecule has 19 heavy (non-hydrogen) atoms. The molecule has 0 atom stereocenters. The summed E-state index contributed by atoms with van der Waals surface area (Å²) in [7, 11) is 0. The van der Waals surface area contributed by atoms with Crippen LogP contribution in [0.2, 0.25) is 0 Å². The number of nitrogens with zero attached hydrogens (tertiary/aromatic N) is 1. The monoisotopic (exact) mass is 279 g/mol. The van der Waals surface area contributed by atoms with Gasteiger partial charge in [0.1, 0.15) is 0 Å². The summed E-state index contributed by atoms with van der Waals surface area (Å²) in [6, 6.07) is 7.93. The number of carbonyl (C=O) groups is 1. The summed E-state index contributed by atoms with van der Waals surface area (Å²) in [5, 5.41) is 0. The predicted octanol–water partition coefficient (Wildman–Crippen LogP) is 2.55. The van der Waals surface area contributed by atoms with Crippen LogP contribution in [0.15, 0.2) is 29.2 Å². The molecule has 0 spiro atoms. The fourth-order valence-corrected chi connectivity index (χ4v) is 2.44. The Morgan fingerprint density at radius 2 is 1.84 bits per heavy atom. The second kappa shape index (κ2) is 7.56. The van der Waals surface area contributed by atoms with Gasteiger partial charge in [-0.2, -0.15) is 0 Å². The van der Waals surface area contributed by atoms with Gasteiger partial charge in [-0.25, -0.2) is 0 Å². The Morgan fingerprint density at radius 1 is 1.16 bits per heavy atom. The molecule has 1 aliphatic heterocycles. The molecule has 0 aliphatic carbocycles. The minimum atomic E-state index is -0.104. The molecule has 0 unspecified atom stereocenters. The standard InChI is InChI=1S/C15H21NO2S/c17-15(12-16-9-2-1-3-10-16)18-11-8-13-4-6-14(19)7-5-13/h4-7,19H,1-3,8-12H2. The molecule has 1 heterocycles. The Hall–Kier alpha value is -1.00. The predicted molar refractivity (Wildman–Crippen MR) is 78.6 cm³/mol. The van der Waals surface area contributed by atoms with Crippen LogP contribution in [0, 0.1) is 0 Å². The topological polar surface area (TPSA) is 29.5 Å². The molecule has 4 heteroatoms. The Kier molecular flexibility index (Phi) is 5.73. The Bertz CT molecular complexity index is 399. The molecule has 1 aliphatic rings. The molecule has 0 radical (unpaired) electrons. The van der Waals surface area contributed by atoms with Crippen LogP contribution in [0.3, 0.4) is 0 Å². The van der Waals surface area contributed by atoms with Crippen molar-refractivity contribution in [2.24, 2.45) is 0 Å². The lowest BCUT2D eigenvalue weighted by molar-refractivity contribution is -0.145. The average molecular weight is 279 g/mol. The average Bonchev–Trinajstić information content (AvgIpc) is 2.42. The third-order valence-electron chi connectivity index (χ3n) is 3.39. The third-order valence-corrected chi connectivity index (χ3v) is 3.69. The second-order valence-electron chi connectivity index (χ2n) is 4.97. The Morgan fingerprint density at radius 3 is 2.53 bits per heavy atom. The molecule has 2 rings (SSSR count). The highest BCUT2D eigenvalue weighted by atomic mass is 32.1. The number of ether oxygens (including phenoxy) is 1. The molecular formula is C15H21NO2S. The first-order valence-corrected chi connectivity index (χ1v) is 7.34. The molecule has 0 aromatic heterocycles. The number of carbonyl (C=O) groups excluding carboxylic acids is 1. The number of piperidine rings is 1. The van der Waals surface area contributed by atoms with E-state index in [9.17, 15) is 4.79 Å². The van der Waals surface area contributed by atoms with E-state index in [4.69, 9.17) is 4.74 Å². The van der Waals surface area contributed by atoms with Gasteiger partial charge in [-0.3, -0.25) is 9.69 Å². The van der Waals surface area contributed by atoms with Crippen molar-refractivity contribution >= 4 is 18.6 Å². The van der Waals surface area contributed by atoms with Crippen molar-refractivity contribution in [3.8, 4) is 0 Å². The molecule has 1 aromatic rings. The van der Waals surface area contributed by atoms with Gasteiger partial charge in [0, 0.05) is 11.3 Å². The molecule has 3 nitrogen and oxygen atoms in total. The first-order valence-electron chi connectivity index (χ1n) is 6.90. The Balaban J connectivity index is 1.64. The van der Waals surface area contributed by atoms with Crippen LogP contribution in [-0.4, -0.2) is 37.1 Å². The van der Waals surface area contributed by atoms with Crippen LogP contribution < -0.4 is 0 Å². The number of likely N-dealkylation sites (tertiary alicyclic amines) is 1. The van der Waals surface area contributed by atoms with Gasteiger partial charge in [0.05, 0.1) is 13.2 Å². The molecule has 0 N–H and O–H groups in total. The normalized spacial score (nSPS) is 16.3. The summed E-state index contributed by atoms with van der Waals surface area (Å²) in [5.74, 6) is -0.104. The van der Waals surface area contributed by atoms with Gasteiger partial charge < -0.3 is 4.74 Å². The first-order chi connectivity index (χ1) is 9.24. The third kappa shape index (κ3) is 5.25. The lowest BCUT2D eigenvalue weighted by Crippen LogP contribution is -2.35. The SMILES string of the molecule is O=C(CN1CCCCC1)OCCc1ccc(S)cc1. The number of benzene rings is 1. The maximum absolute atomic E-state index is 11.7. The van der Waals surface area contributed by atoms with Crippen LogP contribution in [0.5, 0.6) is 0 Å². The van der Waals surface area contributed by atoms with Crippen LogP contribution in [-0.2, 0) is 16.0 Å². The van der Waals surface area contributed by atoms with Crippen molar-refractivity contribution in [1.82, 2.24) is 4.90 Å². The van der Waals surface area contributed by atoms with Crippen LogP contribution >= 0.6 is 12.6 Å². The molecule has 0 bridgehead atoms. The van der Waals surface area contributed by atoms with E-state index in [2.05, 4.69) is 17.5 Å². The number of hydrogen-bond donors (Lipinski definition) is 1. The van der Waals surface area contributed by atoms with Gasteiger partial charge in [0.2, 0.25) is 0 Å². The summed E-state index contributed by atoms with van der Waals surface area (Å²) in [5.41, 5.74) is 1.17. The van der Waals surface area contributed by atoms with E-state index in [0.717, 1.165) is 24.4 Å². The maximum Gasteiger partial charge on any atom is 0.320 e. The van der Waals surface area contributed by atoms with Crippen molar-refractivity contribution in [1.29, 1.82) is 0 Å². The molecule has 104 valence electrons. The van der Waals surface area contributed by atoms with Gasteiger partial charge in [-0.05, 0) is 43.6 Å². The van der Waals surface area contributed by atoms with Gasteiger partial charge in [0.15, 0.2) is 0 Å². The van der Waals surface area contributed by atoms with E-state index in [-0.39, 0.29) is 5.97 Å². The van der Waals surface area contributed by atoms with Crippen molar-refractivity contribution in [2.75, 3.05) is 26.2 Å². The smallest absolute Gasteiger partial charge is 0.320 e. The van der Waals surface area contributed by atoms with Crippen molar-refractivity contribution in [2.45, 2.75) is 30.6 Å². The van der Waals surface area contributed by atoms with Gasteiger partial charge in [-0.1, -0.05) is 18.6 Å². The highest BCUT2D eigenvalue weighted by molar-refractivity contribution is 7.80. The van der Waals surface area contributed by atoms with E-state index >= 15 is 0 Å². The zero-order valence-corrected chi connectivity index (χ0v) is 12.1. The number of hydrogen-bond acceptors (Lipinski definition) is 4. The lowest BCUT2D eigenvalue weighted by Gasteiger charge is -2.25. The number of rotatable bonds is 5. The minimum absolute atomic E-state index is 0.104. The largest absolute Gasteiger partial charge is 0.464 e. The second-order valence-corrected chi connectivity index (χ2v) is 5.49. The summed E-state index contributed by atoms with van der Waals surface area (Å²) in [6.45, 7) is 2.95. The highest BCUT2D eigenvalue weighted by Crippen LogP contribution is 2.09. The van der Waals surface area contributed by atoms with Crippen LogP contribution in [0.1, 0.15) is 24.8 Å². The number of thiol groups is 1. The molecule has 1 fully saturated rings. The van der Waals surface area contributed by atoms with Gasteiger partial charge in [-0.15, -0.1) is 12.6 Å². The molecule has 1 aromatic carbocycles. The van der Waals surface area contributed by atoms with Crippen molar-refractivity contribution in [3.63, 3.8) is 0 Å².